The summed E-state index contributed by atoms with van der Waals surface area (Å²) in [5, 5.41) is 8.66. The predicted octanol–water partition coefficient (Wildman–Crippen LogP) is 1.00. The summed E-state index contributed by atoms with van der Waals surface area (Å²) >= 11 is 3.14. The first-order valence-corrected chi connectivity index (χ1v) is 5.40. The smallest absolute Gasteiger partial charge is 0.323 e. The highest BCUT2D eigenvalue weighted by atomic mass is 79.9. The van der Waals surface area contributed by atoms with Gasteiger partial charge in [-0.15, -0.1) is 6.42 Å². The molecule has 88 valence electrons. The van der Waals surface area contributed by atoms with E-state index in [1.54, 1.807) is 12.1 Å². The summed E-state index contributed by atoms with van der Waals surface area (Å²) in [6, 6.07) is 3.15. The first-order chi connectivity index (χ1) is 8.04. The Labute approximate surface area is 107 Å². The second-order valence-corrected chi connectivity index (χ2v) is 3.94. The molecule has 0 aliphatic carbocycles. The number of carboxylic acid groups (broad SMARTS) is 1. The maximum Gasteiger partial charge on any atom is 0.323 e. The molecule has 1 heterocycles. The molecule has 17 heavy (non-hydrogen) atoms. The second-order valence-electron chi connectivity index (χ2n) is 3.13. The normalized spacial score (nSPS) is 9.41. The van der Waals surface area contributed by atoms with Gasteiger partial charge in [0, 0.05) is 6.20 Å². The van der Waals surface area contributed by atoms with Crippen molar-refractivity contribution >= 4 is 27.8 Å². The van der Waals surface area contributed by atoms with Crippen molar-refractivity contribution in [3.8, 4) is 12.3 Å². The summed E-state index contributed by atoms with van der Waals surface area (Å²) in [5.41, 5.74) is 0.296. The Morgan fingerprint density at radius 1 is 1.53 bits per heavy atom. The van der Waals surface area contributed by atoms with Crippen molar-refractivity contribution in [1.82, 2.24) is 9.88 Å². The number of terminal acetylenes is 1. The van der Waals surface area contributed by atoms with Crippen LogP contribution in [0.3, 0.4) is 0 Å². The quantitative estimate of drug-likeness (QED) is 0.665. The van der Waals surface area contributed by atoms with Crippen LogP contribution in [0.25, 0.3) is 0 Å². The van der Waals surface area contributed by atoms with Gasteiger partial charge in [-0.3, -0.25) is 9.59 Å². The molecule has 0 fully saturated rings. The van der Waals surface area contributed by atoms with Gasteiger partial charge < -0.3 is 10.0 Å². The van der Waals surface area contributed by atoms with E-state index in [1.807, 2.05) is 0 Å². The topological polar surface area (TPSA) is 70.5 Å². The fraction of sp³-hybridized carbons (Fsp3) is 0.182. The van der Waals surface area contributed by atoms with E-state index in [9.17, 15) is 9.59 Å². The molecule has 0 saturated heterocycles. The van der Waals surface area contributed by atoms with Crippen LogP contribution in [0.4, 0.5) is 0 Å². The van der Waals surface area contributed by atoms with Gasteiger partial charge in [-0.2, -0.15) is 0 Å². The lowest BCUT2D eigenvalue weighted by atomic mass is 10.2. The SMILES string of the molecule is C#CCN(CC(=O)O)C(=O)c1ccc(Br)nc1. The average molecular weight is 297 g/mol. The van der Waals surface area contributed by atoms with Crippen molar-refractivity contribution in [2.24, 2.45) is 0 Å². The van der Waals surface area contributed by atoms with Crippen molar-refractivity contribution in [3.05, 3.63) is 28.5 Å². The number of hydrogen-bond donors (Lipinski definition) is 1. The van der Waals surface area contributed by atoms with Crippen LogP contribution >= 0.6 is 15.9 Å². The molecule has 1 amide bonds. The van der Waals surface area contributed by atoms with Gasteiger partial charge >= 0.3 is 5.97 Å². The highest BCUT2D eigenvalue weighted by molar-refractivity contribution is 9.10. The van der Waals surface area contributed by atoms with Crippen LogP contribution in [0.15, 0.2) is 22.9 Å². The molecule has 0 atom stereocenters. The maximum absolute atomic E-state index is 11.9. The summed E-state index contributed by atoms with van der Waals surface area (Å²) < 4.78 is 0.593. The van der Waals surface area contributed by atoms with Gasteiger partial charge in [0.15, 0.2) is 0 Å². The van der Waals surface area contributed by atoms with Crippen LogP contribution in [0.5, 0.6) is 0 Å². The first kappa shape index (κ1) is 13.2. The number of carbonyl (C=O) groups is 2. The van der Waals surface area contributed by atoms with Gasteiger partial charge in [-0.25, -0.2) is 4.98 Å². The molecule has 0 aliphatic rings. The molecule has 0 aromatic carbocycles. The number of aromatic nitrogens is 1. The van der Waals surface area contributed by atoms with Crippen LogP contribution in [-0.4, -0.2) is 40.0 Å². The Hall–Kier alpha value is -1.87. The first-order valence-electron chi connectivity index (χ1n) is 4.60. The van der Waals surface area contributed by atoms with Gasteiger partial charge in [-0.1, -0.05) is 5.92 Å². The standard InChI is InChI=1S/C11H9BrN2O3/c1-2-5-14(7-10(15)16)11(17)8-3-4-9(12)13-6-8/h1,3-4,6H,5,7H2,(H,15,16). The highest BCUT2D eigenvalue weighted by Crippen LogP contribution is 2.08. The third kappa shape index (κ3) is 3.89. The van der Waals surface area contributed by atoms with Crippen molar-refractivity contribution in [1.29, 1.82) is 0 Å². The fourth-order valence-electron chi connectivity index (χ4n) is 1.16. The molecule has 6 heteroatoms. The average Bonchev–Trinajstić information content (AvgIpc) is 2.28. The van der Waals surface area contributed by atoms with Crippen molar-refractivity contribution in [3.63, 3.8) is 0 Å². The number of rotatable bonds is 4. The van der Waals surface area contributed by atoms with Crippen molar-refractivity contribution < 1.29 is 14.7 Å². The Balaban J connectivity index is 2.88. The Morgan fingerprint density at radius 2 is 2.24 bits per heavy atom. The molecule has 0 unspecified atom stereocenters. The molecule has 1 N–H and O–H groups in total. The van der Waals surface area contributed by atoms with Crippen LogP contribution in [-0.2, 0) is 4.79 Å². The molecule has 1 aromatic heterocycles. The molecular formula is C11H9BrN2O3. The summed E-state index contributed by atoms with van der Waals surface area (Å²) in [5.74, 6) is 0.682. The highest BCUT2D eigenvalue weighted by Gasteiger charge is 2.17. The minimum absolute atomic E-state index is 0.0544. The maximum atomic E-state index is 11.9. The number of hydrogen-bond acceptors (Lipinski definition) is 3. The van der Waals surface area contributed by atoms with Crippen LogP contribution in [0.2, 0.25) is 0 Å². The summed E-state index contributed by atoms with van der Waals surface area (Å²) in [4.78, 5) is 27.4. The van der Waals surface area contributed by atoms with E-state index in [1.165, 1.54) is 6.20 Å². The number of aliphatic carboxylic acids is 1. The third-order valence-electron chi connectivity index (χ3n) is 1.87. The zero-order valence-electron chi connectivity index (χ0n) is 8.76. The van der Waals surface area contributed by atoms with Gasteiger partial charge in [0.25, 0.3) is 5.91 Å². The Bertz CT molecular complexity index is 465. The second kappa shape index (κ2) is 6.01. The minimum atomic E-state index is -1.11. The third-order valence-corrected chi connectivity index (χ3v) is 2.34. The lowest BCUT2D eigenvalue weighted by Gasteiger charge is -2.17. The van der Waals surface area contributed by atoms with Gasteiger partial charge in [0.05, 0.1) is 12.1 Å². The van der Waals surface area contributed by atoms with Crippen molar-refractivity contribution in [2.45, 2.75) is 0 Å². The summed E-state index contributed by atoms with van der Waals surface area (Å²) in [7, 11) is 0. The summed E-state index contributed by atoms with van der Waals surface area (Å²) in [6.07, 6.45) is 6.44. The molecule has 0 saturated carbocycles. The minimum Gasteiger partial charge on any atom is -0.480 e. The molecule has 5 nitrogen and oxygen atoms in total. The summed E-state index contributed by atoms with van der Waals surface area (Å²) in [6.45, 7) is -0.486. The van der Waals surface area contributed by atoms with E-state index in [-0.39, 0.29) is 6.54 Å². The van der Waals surface area contributed by atoms with Crippen LogP contribution in [0, 0.1) is 12.3 Å². The van der Waals surface area contributed by atoms with E-state index in [0.717, 1.165) is 4.90 Å². The monoisotopic (exact) mass is 296 g/mol. The number of carboxylic acids is 1. The number of carbonyl (C=O) groups excluding carboxylic acids is 1. The molecule has 0 spiro atoms. The molecule has 1 rings (SSSR count). The van der Waals surface area contributed by atoms with E-state index in [2.05, 4.69) is 26.8 Å². The molecule has 0 aliphatic heterocycles. The molecule has 0 bridgehead atoms. The fourth-order valence-corrected chi connectivity index (χ4v) is 1.39. The number of halogens is 1. The largest absolute Gasteiger partial charge is 0.480 e. The Kier molecular flexibility index (Phi) is 4.67. The number of pyridine rings is 1. The molecule has 1 aromatic rings. The zero-order chi connectivity index (χ0) is 12.8. The zero-order valence-corrected chi connectivity index (χ0v) is 10.3. The number of amides is 1. The van der Waals surface area contributed by atoms with Gasteiger partial charge in [-0.05, 0) is 28.1 Å². The Morgan fingerprint density at radius 3 is 2.71 bits per heavy atom. The lowest BCUT2D eigenvalue weighted by Crippen LogP contribution is -2.36. The van der Waals surface area contributed by atoms with Crippen molar-refractivity contribution in [2.75, 3.05) is 13.1 Å². The van der Waals surface area contributed by atoms with Crippen LogP contribution in [0.1, 0.15) is 10.4 Å². The predicted molar refractivity (Wildman–Crippen MR) is 64.3 cm³/mol. The van der Waals surface area contributed by atoms with E-state index in [0.29, 0.717) is 10.2 Å². The lowest BCUT2D eigenvalue weighted by molar-refractivity contribution is -0.137. The number of nitrogens with zero attached hydrogens (tertiary/aromatic N) is 2. The van der Waals surface area contributed by atoms with Gasteiger partial charge in [0.1, 0.15) is 11.1 Å². The molecule has 0 radical (unpaired) electrons. The van der Waals surface area contributed by atoms with Gasteiger partial charge in [0.2, 0.25) is 0 Å². The van der Waals surface area contributed by atoms with Crippen LogP contribution < -0.4 is 0 Å². The van der Waals surface area contributed by atoms with E-state index < -0.39 is 18.4 Å². The molecular weight excluding hydrogens is 288 g/mol. The van der Waals surface area contributed by atoms with E-state index >= 15 is 0 Å². The van der Waals surface area contributed by atoms with E-state index in [4.69, 9.17) is 11.5 Å².